The van der Waals surface area contributed by atoms with Gasteiger partial charge in [0.1, 0.15) is 11.4 Å². The van der Waals surface area contributed by atoms with Gasteiger partial charge in [0.15, 0.2) is 5.78 Å². The van der Waals surface area contributed by atoms with Crippen molar-refractivity contribution in [3.63, 3.8) is 0 Å². The topological polar surface area (TPSA) is 53.4 Å². The molecule has 3 aromatic rings. The molecule has 1 saturated carbocycles. The number of rotatable bonds is 8. The second kappa shape index (κ2) is 8.85. The second-order valence-electron chi connectivity index (χ2n) is 8.44. The lowest BCUT2D eigenvalue weighted by molar-refractivity contribution is -0.139. The molecule has 0 N–H and O–H groups in total. The van der Waals surface area contributed by atoms with E-state index in [4.69, 9.17) is 26.2 Å². The highest BCUT2D eigenvalue weighted by Gasteiger charge is 2.25. The Bertz CT molecular complexity index is 1090. The molecule has 0 radical (unpaired) electrons. The second-order valence-corrected chi connectivity index (χ2v) is 8.85. The van der Waals surface area contributed by atoms with Crippen LogP contribution in [0.1, 0.15) is 45.7 Å². The summed E-state index contributed by atoms with van der Waals surface area (Å²) in [5.41, 5.74) is 2.48. The summed E-state index contributed by atoms with van der Waals surface area (Å²) >= 11 is 6.48. The predicted octanol–water partition coefficient (Wildman–Crippen LogP) is 6.01. The van der Waals surface area contributed by atoms with E-state index in [0.717, 1.165) is 41.2 Å². The maximum Gasteiger partial charge on any atom is 0.161 e. The normalized spacial score (nSPS) is 14.3. The molecule has 5 nitrogen and oxygen atoms in total. The number of para-hydroxylation sites is 1. The van der Waals surface area contributed by atoms with Gasteiger partial charge in [-0.3, -0.25) is 4.79 Å². The van der Waals surface area contributed by atoms with Crippen LogP contribution in [0.5, 0.6) is 5.75 Å². The number of aromatic nitrogens is 2. The van der Waals surface area contributed by atoms with Crippen LogP contribution in [-0.2, 0) is 16.1 Å². The van der Waals surface area contributed by atoms with Crippen LogP contribution in [0.3, 0.4) is 0 Å². The van der Waals surface area contributed by atoms with Crippen molar-refractivity contribution in [3.8, 4) is 22.7 Å². The van der Waals surface area contributed by atoms with Crippen LogP contribution in [-0.4, -0.2) is 27.3 Å². The number of nitrogens with zero attached hydrogens (tertiary/aromatic N) is 2. The summed E-state index contributed by atoms with van der Waals surface area (Å²) in [6.07, 6.45) is 3.75. The Kier molecular flexibility index (Phi) is 6.17. The zero-order valence-corrected chi connectivity index (χ0v) is 18.9. The van der Waals surface area contributed by atoms with Gasteiger partial charge in [0.2, 0.25) is 0 Å². The first kappa shape index (κ1) is 21.6. The predicted molar refractivity (Wildman–Crippen MR) is 122 cm³/mol. The van der Waals surface area contributed by atoms with E-state index >= 15 is 0 Å². The fourth-order valence-corrected chi connectivity index (χ4v) is 3.50. The van der Waals surface area contributed by atoms with Gasteiger partial charge in [-0.1, -0.05) is 35.9 Å². The van der Waals surface area contributed by atoms with Crippen LogP contribution in [0, 0.1) is 0 Å². The Morgan fingerprint density at radius 3 is 2.61 bits per heavy atom. The van der Waals surface area contributed by atoms with Gasteiger partial charge in [0.25, 0.3) is 0 Å². The number of Topliss-reactive ketones (excluding diaryl/α,β-unsaturated/α-hetero) is 1. The minimum Gasteiger partial charge on any atom is -0.490 e. The Balaban J connectivity index is 1.70. The van der Waals surface area contributed by atoms with E-state index in [1.807, 2.05) is 59.3 Å². The molecule has 1 heterocycles. The number of ketones is 1. The minimum absolute atomic E-state index is 0.0286. The van der Waals surface area contributed by atoms with Gasteiger partial charge in [-0.2, -0.15) is 5.10 Å². The third-order valence-corrected chi connectivity index (χ3v) is 6.07. The van der Waals surface area contributed by atoms with Crippen LogP contribution < -0.4 is 4.74 Å². The number of carbonyl (C=O) groups is 1. The molecule has 0 bridgehead atoms. The van der Waals surface area contributed by atoms with Crippen LogP contribution in [0.25, 0.3) is 16.9 Å². The van der Waals surface area contributed by atoms with Crippen LogP contribution >= 0.6 is 11.6 Å². The van der Waals surface area contributed by atoms with E-state index in [1.54, 1.807) is 13.8 Å². The van der Waals surface area contributed by atoms with Crippen molar-refractivity contribution in [2.75, 3.05) is 0 Å². The number of benzene rings is 2. The van der Waals surface area contributed by atoms with E-state index in [2.05, 4.69) is 0 Å². The fourth-order valence-electron chi connectivity index (χ4n) is 3.28. The standard InChI is InChI=1S/C25H27ClN2O3/c1-17(29)25(2,3)30-16-19-15-24(28(27-19)23-13-5-4-12-22(23)26)18-8-6-11-21(14-18)31-20-9-7-10-20/h4-6,8,11-15,20H,7,9-10,16H2,1-3H3. The quantitative estimate of drug-likeness (QED) is 0.432. The molecular formula is C25H27ClN2O3. The highest BCUT2D eigenvalue weighted by atomic mass is 35.5. The highest BCUT2D eigenvalue weighted by Crippen LogP contribution is 2.32. The van der Waals surface area contributed by atoms with Crippen LogP contribution in [0.4, 0.5) is 0 Å². The first-order chi connectivity index (χ1) is 14.8. The van der Waals surface area contributed by atoms with E-state index in [-0.39, 0.29) is 12.4 Å². The van der Waals surface area contributed by atoms with Crippen molar-refractivity contribution < 1.29 is 14.3 Å². The summed E-state index contributed by atoms with van der Waals surface area (Å²) in [7, 11) is 0. The molecule has 1 aliphatic rings. The molecular weight excluding hydrogens is 412 g/mol. The van der Waals surface area contributed by atoms with E-state index in [1.165, 1.54) is 13.3 Å². The average Bonchev–Trinajstić information content (AvgIpc) is 3.14. The largest absolute Gasteiger partial charge is 0.490 e. The Morgan fingerprint density at radius 1 is 1.16 bits per heavy atom. The molecule has 162 valence electrons. The van der Waals surface area contributed by atoms with Crippen LogP contribution in [0.2, 0.25) is 5.02 Å². The summed E-state index contributed by atoms with van der Waals surface area (Å²) in [6.45, 7) is 5.28. The number of carbonyl (C=O) groups excluding carboxylic acids is 1. The highest BCUT2D eigenvalue weighted by molar-refractivity contribution is 6.32. The zero-order chi connectivity index (χ0) is 22.0. The van der Waals surface area contributed by atoms with Gasteiger partial charge in [-0.15, -0.1) is 0 Å². The monoisotopic (exact) mass is 438 g/mol. The molecule has 6 heteroatoms. The molecule has 0 spiro atoms. The number of hydrogen-bond acceptors (Lipinski definition) is 4. The van der Waals surface area contributed by atoms with E-state index in [9.17, 15) is 4.79 Å². The molecule has 31 heavy (non-hydrogen) atoms. The molecule has 0 amide bonds. The molecule has 0 saturated heterocycles. The maximum absolute atomic E-state index is 11.8. The first-order valence-corrected chi connectivity index (χ1v) is 11.0. The van der Waals surface area contributed by atoms with Crippen molar-refractivity contribution in [2.45, 2.75) is 58.3 Å². The first-order valence-electron chi connectivity index (χ1n) is 10.6. The van der Waals surface area contributed by atoms with Crippen molar-refractivity contribution in [1.82, 2.24) is 9.78 Å². The van der Waals surface area contributed by atoms with Gasteiger partial charge in [-0.05, 0) is 70.4 Å². The third kappa shape index (κ3) is 4.83. The van der Waals surface area contributed by atoms with Crippen molar-refractivity contribution in [1.29, 1.82) is 0 Å². The van der Waals surface area contributed by atoms with Gasteiger partial charge in [-0.25, -0.2) is 4.68 Å². The molecule has 0 atom stereocenters. The number of halogens is 1. The van der Waals surface area contributed by atoms with Gasteiger partial charge in [0.05, 0.1) is 34.8 Å². The molecule has 2 aromatic carbocycles. The lowest BCUT2D eigenvalue weighted by Gasteiger charge is -2.26. The maximum atomic E-state index is 11.8. The SMILES string of the molecule is CC(=O)C(C)(C)OCc1cc(-c2cccc(OC3CCC3)c2)n(-c2ccccc2Cl)n1. The summed E-state index contributed by atoms with van der Waals surface area (Å²) in [5.74, 6) is 0.823. The van der Waals surface area contributed by atoms with Crippen molar-refractivity contribution >= 4 is 17.4 Å². The van der Waals surface area contributed by atoms with Crippen molar-refractivity contribution in [3.05, 3.63) is 65.3 Å². The molecule has 1 fully saturated rings. The molecule has 0 aliphatic heterocycles. The molecule has 0 unspecified atom stereocenters. The van der Waals surface area contributed by atoms with Gasteiger partial charge < -0.3 is 9.47 Å². The minimum atomic E-state index is -0.870. The summed E-state index contributed by atoms with van der Waals surface area (Å²) < 4.78 is 13.8. The summed E-state index contributed by atoms with van der Waals surface area (Å²) in [5, 5.41) is 5.36. The number of ether oxygens (including phenoxy) is 2. The van der Waals surface area contributed by atoms with Gasteiger partial charge >= 0.3 is 0 Å². The van der Waals surface area contributed by atoms with E-state index < -0.39 is 5.60 Å². The summed E-state index contributed by atoms with van der Waals surface area (Å²) in [6, 6.07) is 17.6. The van der Waals surface area contributed by atoms with Crippen molar-refractivity contribution in [2.24, 2.45) is 0 Å². The van der Waals surface area contributed by atoms with E-state index in [0.29, 0.717) is 11.1 Å². The Labute approximate surface area is 187 Å². The molecule has 4 rings (SSSR count). The zero-order valence-electron chi connectivity index (χ0n) is 18.1. The number of hydrogen-bond donors (Lipinski definition) is 0. The lowest BCUT2D eigenvalue weighted by atomic mass is 9.96. The smallest absolute Gasteiger partial charge is 0.161 e. The van der Waals surface area contributed by atoms with Gasteiger partial charge in [0, 0.05) is 5.56 Å². The van der Waals surface area contributed by atoms with Crippen LogP contribution in [0.15, 0.2) is 54.6 Å². The molecule has 1 aliphatic carbocycles. The fraction of sp³-hybridized carbons (Fsp3) is 0.360. The molecule has 1 aromatic heterocycles. The Morgan fingerprint density at radius 2 is 1.94 bits per heavy atom. The average molecular weight is 439 g/mol. The summed E-state index contributed by atoms with van der Waals surface area (Å²) in [4.78, 5) is 11.8. The third-order valence-electron chi connectivity index (χ3n) is 5.75. The lowest BCUT2D eigenvalue weighted by Crippen LogP contribution is -2.32. The Hall–Kier alpha value is -2.63.